The van der Waals surface area contributed by atoms with Crippen LogP contribution >= 0.6 is 11.6 Å². The minimum absolute atomic E-state index is 0.498. The molecule has 1 aliphatic heterocycles. The second kappa shape index (κ2) is 7.89. The van der Waals surface area contributed by atoms with E-state index in [0.717, 1.165) is 58.5 Å². The number of hydrogen-bond acceptors (Lipinski definition) is 4. The normalized spacial score (nSPS) is 13.8. The highest BCUT2D eigenvalue weighted by atomic mass is 35.5. The maximum atomic E-state index is 6.79. The Hall–Kier alpha value is -2.92. The van der Waals surface area contributed by atoms with Crippen molar-refractivity contribution in [3.05, 3.63) is 69.1 Å². The highest BCUT2D eigenvalue weighted by Crippen LogP contribution is 2.35. The molecule has 0 fully saturated rings. The number of anilines is 1. The minimum Gasteiger partial charge on any atom is -0.366 e. The number of halogens is 1. The second-order valence-corrected chi connectivity index (χ2v) is 9.48. The first-order valence-corrected chi connectivity index (χ1v) is 11.6. The molecule has 5 rings (SSSR count). The predicted octanol–water partition coefficient (Wildman–Crippen LogP) is 6.28. The number of hydrogen-bond donors (Lipinski definition) is 1. The van der Waals surface area contributed by atoms with Crippen molar-refractivity contribution in [2.45, 2.75) is 53.5 Å². The zero-order valence-electron chi connectivity index (χ0n) is 19.3. The van der Waals surface area contributed by atoms with Crippen molar-refractivity contribution in [2.75, 3.05) is 11.4 Å². The van der Waals surface area contributed by atoms with Crippen LogP contribution in [0.25, 0.3) is 22.3 Å². The van der Waals surface area contributed by atoms with Gasteiger partial charge in [0.15, 0.2) is 5.82 Å². The van der Waals surface area contributed by atoms with Crippen LogP contribution < -0.4 is 4.90 Å². The SMILES string of the molecule is Cc1ccc(C(C)C)cc1N1CCc2nc(-c3c(C)ccc4[nH]nc(C)c34)nc(Cl)c2C1. The van der Waals surface area contributed by atoms with Gasteiger partial charge in [-0.3, -0.25) is 5.10 Å². The molecular formula is C26H28ClN5. The van der Waals surface area contributed by atoms with E-state index in [0.29, 0.717) is 16.9 Å². The maximum Gasteiger partial charge on any atom is 0.162 e. The zero-order valence-corrected chi connectivity index (χ0v) is 20.0. The van der Waals surface area contributed by atoms with Gasteiger partial charge in [0.2, 0.25) is 0 Å². The van der Waals surface area contributed by atoms with Crippen molar-refractivity contribution in [3.8, 4) is 11.4 Å². The van der Waals surface area contributed by atoms with Crippen LogP contribution in [0, 0.1) is 20.8 Å². The fraction of sp³-hybridized carbons (Fsp3) is 0.346. The van der Waals surface area contributed by atoms with Crippen LogP contribution in [0.5, 0.6) is 0 Å². The molecule has 5 nitrogen and oxygen atoms in total. The zero-order chi connectivity index (χ0) is 22.6. The summed E-state index contributed by atoms with van der Waals surface area (Å²) in [7, 11) is 0. The van der Waals surface area contributed by atoms with Crippen molar-refractivity contribution < 1.29 is 0 Å². The first kappa shape index (κ1) is 21.0. The lowest BCUT2D eigenvalue weighted by molar-refractivity contribution is 0.703. The van der Waals surface area contributed by atoms with Crippen molar-refractivity contribution in [3.63, 3.8) is 0 Å². The fourth-order valence-electron chi connectivity index (χ4n) is 4.68. The topological polar surface area (TPSA) is 57.7 Å². The van der Waals surface area contributed by atoms with E-state index < -0.39 is 0 Å². The van der Waals surface area contributed by atoms with Crippen LogP contribution in [0.3, 0.4) is 0 Å². The number of benzene rings is 2. The molecule has 2 aromatic carbocycles. The summed E-state index contributed by atoms with van der Waals surface area (Å²) in [6.07, 6.45) is 0.843. The molecule has 0 bridgehead atoms. The summed E-state index contributed by atoms with van der Waals surface area (Å²) >= 11 is 6.79. The van der Waals surface area contributed by atoms with Gasteiger partial charge >= 0.3 is 0 Å². The van der Waals surface area contributed by atoms with E-state index in [4.69, 9.17) is 21.6 Å². The van der Waals surface area contributed by atoms with E-state index in [1.165, 1.54) is 16.8 Å². The molecule has 0 atom stereocenters. The first-order chi connectivity index (χ1) is 15.3. The molecule has 32 heavy (non-hydrogen) atoms. The Morgan fingerprint density at radius 3 is 2.59 bits per heavy atom. The van der Waals surface area contributed by atoms with Gasteiger partial charge in [-0.25, -0.2) is 9.97 Å². The standard InChI is InChI=1S/C26H28ClN5/c1-14(2)18-8-6-15(3)22(12-18)32-11-10-20-19(13-32)25(27)29-26(28-20)23-16(4)7-9-21-24(23)17(5)30-31-21/h6-9,12,14H,10-11,13H2,1-5H3,(H,30,31). The second-order valence-electron chi connectivity index (χ2n) is 9.12. The largest absolute Gasteiger partial charge is 0.366 e. The van der Waals surface area contributed by atoms with Gasteiger partial charge in [-0.15, -0.1) is 0 Å². The lowest BCUT2D eigenvalue weighted by atomic mass is 9.98. The highest BCUT2D eigenvalue weighted by molar-refractivity contribution is 6.30. The van der Waals surface area contributed by atoms with E-state index in [1.54, 1.807) is 0 Å². The minimum atomic E-state index is 0.498. The molecule has 1 N–H and O–H groups in total. The van der Waals surface area contributed by atoms with Gasteiger partial charge in [-0.05, 0) is 55.5 Å². The van der Waals surface area contributed by atoms with Crippen LogP contribution in [0.15, 0.2) is 30.3 Å². The number of aromatic nitrogens is 4. The number of fused-ring (bicyclic) bond motifs is 2. The lowest BCUT2D eigenvalue weighted by Gasteiger charge is -2.32. The number of aromatic amines is 1. The molecule has 0 unspecified atom stereocenters. The number of H-pyrrole nitrogens is 1. The van der Waals surface area contributed by atoms with E-state index in [1.807, 2.05) is 6.92 Å². The molecule has 1 aliphatic rings. The van der Waals surface area contributed by atoms with Crippen LogP contribution in [-0.4, -0.2) is 26.7 Å². The number of aryl methyl sites for hydroxylation is 3. The Morgan fingerprint density at radius 1 is 1.03 bits per heavy atom. The molecule has 164 valence electrons. The fourth-order valence-corrected chi connectivity index (χ4v) is 4.93. The van der Waals surface area contributed by atoms with Crippen LogP contribution in [0.1, 0.15) is 53.4 Å². The third kappa shape index (κ3) is 3.45. The van der Waals surface area contributed by atoms with Gasteiger partial charge in [0, 0.05) is 41.7 Å². The molecule has 0 amide bonds. The Balaban J connectivity index is 1.56. The highest BCUT2D eigenvalue weighted by Gasteiger charge is 2.25. The van der Waals surface area contributed by atoms with E-state index >= 15 is 0 Å². The van der Waals surface area contributed by atoms with Crippen LogP contribution in [0.2, 0.25) is 5.15 Å². The molecule has 0 radical (unpaired) electrons. The average Bonchev–Trinajstić information content (AvgIpc) is 3.14. The van der Waals surface area contributed by atoms with Crippen molar-refractivity contribution in [2.24, 2.45) is 0 Å². The molecular weight excluding hydrogens is 418 g/mol. The third-order valence-corrected chi connectivity index (χ3v) is 6.91. The smallest absolute Gasteiger partial charge is 0.162 e. The maximum absolute atomic E-state index is 6.79. The lowest BCUT2D eigenvalue weighted by Crippen LogP contribution is -2.32. The van der Waals surface area contributed by atoms with Gasteiger partial charge < -0.3 is 4.90 Å². The van der Waals surface area contributed by atoms with Crippen molar-refractivity contribution in [1.82, 2.24) is 20.2 Å². The van der Waals surface area contributed by atoms with Gasteiger partial charge in [0.1, 0.15) is 5.15 Å². The van der Waals surface area contributed by atoms with Crippen LogP contribution in [0.4, 0.5) is 5.69 Å². The summed E-state index contributed by atoms with van der Waals surface area (Å²) in [4.78, 5) is 12.2. The van der Waals surface area contributed by atoms with E-state index in [2.05, 4.69) is 73.1 Å². The number of nitrogens with one attached hydrogen (secondary N) is 1. The summed E-state index contributed by atoms with van der Waals surface area (Å²) in [5.74, 6) is 1.19. The van der Waals surface area contributed by atoms with E-state index in [9.17, 15) is 0 Å². The van der Waals surface area contributed by atoms with Crippen molar-refractivity contribution in [1.29, 1.82) is 0 Å². The van der Waals surface area contributed by atoms with Gasteiger partial charge in [0.05, 0.1) is 16.9 Å². The third-order valence-electron chi connectivity index (χ3n) is 6.59. The Bertz CT molecular complexity index is 1340. The summed E-state index contributed by atoms with van der Waals surface area (Å²) in [6.45, 7) is 12.4. The monoisotopic (exact) mass is 445 g/mol. The Kier molecular flexibility index (Phi) is 5.17. The average molecular weight is 446 g/mol. The Labute approximate surface area is 193 Å². The van der Waals surface area contributed by atoms with Crippen LogP contribution in [-0.2, 0) is 13.0 Å². The molecule has 0 spiro atoms. The molecule has 2 aromatic heterocycles. The van der Waals surface area contributed by atoms with E-state index in [-0.39, 0.29) is 0 Å². The molecule has 0 aliphatic carbocycles. The number of rotatable bonds is 3. The predicted molar refractivity (Wildman–Crippen MR) is 132 cm³/mol. The summed E-state index contributed by atoms with van der Waals surface area (Å²) in [6, 6.07) is 10.9. The molecule has 4 aromatic rings. The molecule has 6 heteroatoms. The van der Waals surface area contributed by atoms with Gasteiger partial charge in [-0.2, -0.15) is 5.10 Å². The quantitative estimate of drug-likeness (QED) is 0.377. The molecule has 0 saturated carbocycles. The van der Waals surface area contributed by atoms with Crippen molar-refractivity contribution >= 4 is 28.2 Å². The summed E-state index contributed by atoms with van der Waals surface area (Å²) < 4.78 is 0. The Morgan fingerprint density at radius 2 is 1.81 bits per heavy atom. The first-order valence-electron chi connectivity index (χ1n) is 11.2. The van der Waals surface area contributed by atoms with Gasteiger partial charge in [-0.1, -0.05) is 43.6 Å². The molecule has 0 saturated heterocycles. The number of nitrogens with zero attached hydrogens (tertiary/aromatic N) is 4. The van der Waals surface area contributed by atoms with Gasteiger partial charge in [0.25, 0.3) is 0 Å². The summed E-state index contributed by atoms with van der Waals surface area (Å²) in [5, 5.41) is 9.10. The summed E-state index contributed by atoms with van der Waals surface area (Å²) in [5.41, 5.74) is 10.1. The molecule has 3 heterocycles.